The summed E-state index contributed by atoms with van der Waals surface area (Å²) in [6.45, 7) is 13.0. The number of nitrogens with zero attached hydrogens (tertiary/aromatic N) is 3. The van der Waals surface area contributed by atoms with Gasteiger partial charge in [0.2, 0.25) is 0 Å². The van der Waals surface area contributed by atoms with E-state index in [-0.39, 0.29) is 33.4 Å². The molecule has 0 saturated heterocycles. The molecule has 1 amide bonds. The maximum atomic E-state index is 13.6. The maximum absolute atomic E-state index is 13.6. The van der Waals surface area contributed by atoms with Gasteiger partial charge in [-0.2, -0.15) is 0 Å². The Labute approximate surface area is 321 Å². The average molecular weight is 750 g/mol. The van der Waals surface area contributed by atoms with Gasteiger partial charge >= 0.3 is 5.97 Å². The number of aromatic carboxylic acids is 1. The molecule has 284 valence electrons. The van der Waals surface area contributed by atoms with Crippen molar-refractivity contribution in [2.75, 3.05) is 30.4 Å². The Kier molecular flexibility index (Phi) is 9.91. The Morgan fingerprint density at radius 1 is 0.981 bits per heavy atom. The molecule has 11 nitrogen and oxygen atoms in total. The number of rotatable bonds is 11. The first-order chi connectivity index (χ1) is 25.6. The third-order valence-electron chi connectivity index (χ3n) is 11.4. The molecule has 12 heteroatoms. The molecule has 0 radical (unpaired) electrons. The molecule has 2 aliphatic carbocycles. The highest BCUT2D eigenvalue weighted by molar-refractivity contribution is 7.22. The molecule has 2 aromatic carbocycles. The fourth-order valence-corrected chi connectivity index (χ4v) is 11.3. The first kappa shape index (κ1) is 37.7. The summed E-state index contributed by atoms with van der Waals surface area (Å²) in [6, 6.07) is 17.1. The van der Waals surface area contributed by atoms with Crippen LogP contribution in [0.5, 0.6) is 0 Å². The molecule has 2 aromatic heterocycles. The normalized spacial score (nSPS) is 25.0. The Balaban J connectivity index is 1.11. The van der Waals surface area contributed by atoms with Gasteiger partial charge in [0.25, 0.3) is 5.91 Å². The van der Waals surface area contributed by atoms with E-state index in [1.54, 1.807) is 6.07 Å². The third-order valence-corrected chi connectivity index (χ3v) is 12.4. The number of carboxylic acids is 1. The number of fused-ring (bicyclic) bond motifs is 4. The highest BCUT2D eigenvalue weighted by atomic mass is 32.1. The molecule has 5 N–H and O–H groups in total. The second-order valence-corrected chi connectivity index (χ2v) is 18.2. The minimum Gasteiger partial charge on any atom is -0.476 e. The molecule has 4 aromatic rings. The van der Waals surface area contributed by atoms with Crippen molar-refractivity contribution < 1.29 is 19.5 Å². The lowest BCUT2D eigenvalue weighted by Gasteiger charge is -2.60. The zero-order chi connectivity index (χ0) is 38.5. The zero-order valence-corrected chi connectivity index (χ0v) is 32.9. The summed E-state index contributed by atoms with van der Waals surface area (Å²) < 4.78 is 0.997. The minimum absolute atomic E-state index is 0.0822. The van der Waals surface area contributed by atoms with Gasteiger partial charge in [0.15, 0.2) is 10.8 Å². The number of benzene rings is 2. The van der Waals surface area contributed by atoms with Crippen LogP contribution in [0, 0.1) is 21.7 Å². The number of hydrogen-bond donors (Lipinski definition) is 5. The van der Waals surface area contributed by atoms with Crippen LogP contribution in [0.2, 0.25) is 0 Å². The summed E-state index contributed by atoms with van der Waals surface area (Å²) in [6.07, 6.45) is 6.95. The van der Waals surface area contributed by atoms with Crippen molar-refractivity contribution in [1.82, 2.24) is 20.8 Å². The van der Waals surface area contributed by atoms with Crippen molar-refractivity contribution in [3.8, 4) is 0 Å². The number of amides is 1. The number of anilines is 2. The summed E-state index contributed by atoms with van der Waals surface area (Å²) in [7, 11) is 1.84. The number of carbonyl (C=O) groups is 2. The monoisotopic (exact) mass is 749 g/mol. The van der Waals surface area contributed by atoms with Crippen molar-refractivity contribution in [2.45, 2.75) is 85.3 Å². The topological polar surface area (TPSA) is 153 Å². The van der Waals surface area contributed by atoms with E-state index in [0.717, 1.165) is 59.1 Å². The Hall–Kier alpha value is -4.65. The van der Waals surface area contributed by atoms with E-state index in [0.29, 0.717) is 53.7 Å². The van der Waals surface area contributed by atoms with Gasteiger partial charge in [-0.15, -0.1) is 0 Å². The van der Waals surface area contributed by atoms with Gasteiger partial charge < -0.3 is 20.7 Å². The van der Waals surface area contributed by atoms with E-state index in [9.17, 15) is 14.7 Å². The zero-order valence-electron chi connectivity index (χ0n) is 32.1. The van der Waals surface area contributed by atoms with E-state index in [2.05, 4.69) is 53.8 Å². The van der Waals surface area contributed by atoms with E-state index in [1.807, 2.05) is 67.4 Å². The number of nitrogens with one attached hydrogen (secondary N) is 4. The molecule has 3 unspecified atom stereocenters. The van der Waals surface area contributed by atoms with Gasteiger partial charge in [-0.25, -0.2) is 20.2 Å². The Morgan fingerprint density at radius 2 is 1.78 bits per heavy atom. The number of aromatic nitrogens is 2. The first-order valence-electron chi connectivity index (χ1n) is 18.7. The molecule has 7 rings (SSSR count). The lowest BCUT2D eigenvalue weighted by atomic mass is 9.48. The largest absolute Gasteiger partial charge is 0.476 e. The molecular weight excluding hydrogens is 699 g/mol. The predicted molar refractivity (Wildman–Crippen MR) is 215 cm³/mol. The van der Waals surface area contributed by atoms with Crippen LogP contribution in [0.4, 0.5) is 10.9 Å². The fraction of sp³-hybridized carbons (Fsp3) is 0.452. The fourth-order valence-electron chi connectivity index (χ4n) is 10.5. The first-order valence-corrected chi connectivity index (χ1v) is 19.5. The van der Waals surface area contributed by atoms with Crippen molar-refractivity contribution in [2.24, 2.45) is 16.2 Å². The number of para-hydroxylation sites is 1. The molecule has 2 bridgehead atoms. The molecule has 3 atom stereocenters. The number of allylic oxidation sites excluding steroid dienone is 2. The third kappa shape index (κ3) is 7.51. The van der Waals surface area contributed by atoms with Crippen LogP contribution in [0.1, 0.15) is 104 Å². The van der Waals surface area contributed by atoms with Crippen LogP contribution < -0.4 is 21.0 Å². The molecule has 3 aliphatic rings. The van der Waals surface area contributed by atoms with Crippen molar-refractivity contribution >= 4 is 56.2 Å². The van der Waals surface area contributed by atoms with E-state index >= 15 is 0 Å². The summed E-state index contributed by atoms with van der Waals surface area (Å²) in [5, 5.41) is 25.9. The van der Waals surface area contributed by atoms with Crippen molar-refractivity contribution in [1.29, 1.82) is 5.41 Å². The van der Waals surface area contributed by atoms with Crippen LogP contribution in [-0.2, 0) is 17.8 Å². The van der Waals surface area contributed by atoms with Gasteiger partial charge in [0.1, 0.15) is 5.82 Å². The van der Waals surface area contributed by atoms with Gasteiger partial charge in [0, 0.05) is 55.3 Å². The maximum Gasteiger partial charge on any atom is 0.355 e. The number of hydrogen-bond acceptors (Lipinski definition) is 10. The SMILES string of the molecule is CNOC12CC(C)(C)CC(C)(CC(C)(CN/C(C)=C(\C=N)c3ccc(N4CCc5cccc(C(=O)Nc6nc7ccccc7s6)c5C4)nc3C(=O)O)C1)C2. The number of hydroxylamine groups is 1. The van der Waals surface area contributed by atoms with E-state index in [4.69, 9.17) is 10.2 Å². The second-order valence-electron chi connectivity index (χ2n) is 17.1. The second kappa shape index (κ2) is 14.2. The van der Waals surface area contributed by atoms with Gasteiger partial charge in [-0.1, -0.05) is 63.3 Å². The molecule has 1 aliphatic heterocycles. The van der Waals surface area contributed by atoms with Crippen LogP contribution in [0.3, 0.4) is 0 Å². The number of pyridine rings is 1. The highest BCUT2D eigenvalue weighted by Gasteiger charge is 2.58. The number of thiazole rings is 1. The average Bonchev–Trinajstić information content (AvgIpc) is 3.51. The van der Waals surface area contributed by atoms with Crippen molar-refractivity contribution in [3.63, 3.8) is 0 Å². The predicted octanol–water partition coefficient (Wildman–Crippen LogP) is 8.08. The summed E-state index contributed by atoms with van der Waals surface area (Å²) >= 11 is 1.43. The van der Waals surface area contributed by atoms with Crippen molar-refractivity contribution in [3.05, 3.63) is 88.2 Å². The Bertz CT molecular complexity index is 2130. The summed E-state index contributed by atoms with van der Waals surface area (Å²) in [4.78, 5) is 43.9. The summed E-state index contributed by atoms with van der Waals surface area (Å²) in [5.74, 6) is -0.898. The summed E-state index contributed by atoms with van der Waals surface area (Å²) in [5.41, 5.74) is 7.79. The highest BCUT2D eigenvalue weighted by Crippen LogP contribution is 2.62. The molecular formula is C42H51N7O4S. The lowest BCUT2D eigenvalue weighted by Crippen LogP contribution is -2.59. The van der Waals surface area contributed by atoms with E-state index in [1.165, 1.54) is 17.6 Å². The van der Waals surface area contributed by atoms with Gasteiger partial charge in [-0.05, 0) is 103 Å². The van der Waals surface area contributed by atoms with Crippen LogP contribution in [0.15, 0.2) is 60.3 Å². The lowest BCUT2D eigenvalue weighted by molar-refractivity contribution is -0.214. The minimum atomic E-state index is -1.17. The standard InChI is InChI=1S/C42H51N7O4S/c1-26(45-25-41(5)22-40(4)20-39(2,3)21-42(23-40,24-41)53-44-6)30(18-43)28-14-15-34(47-35(28)37(51)52)49-17-16-27-10-9-11-29(31(27)19-49)36(50)48-38-46-32-12-7-8-13-33(32)54-38/h7-15,18,43-45H,16-17,19-25H2,1-6H3,(H,51,52)(H,46,48,50)/b30-26+,43-18?. The van der Waals surface area contributed by atoms with Crippen LogP contribution in [0.25, 0.3) is 15.8 Å². The molecule has 2 saturated carbocycles. The Morgan fingerprint density at radius 3 is 2.52 bits per heavy atom. The number of carboxylic acid groups (broad SMARTS) is 1. The smallest absolute Gasteiger partial charge is 0.355 e. The van der Waals surface area contributed by atoms with E-state index < -0.39 is 5.97 Å². The molecule has 0 spiro atoms. The molecule has 3 heterocycles. The van der Waals surface area contributed by atoms with Gasteiger partial charge in [-0.3, -0.25) is 14.9 Å². The van der Waals surface area contributed by atoms with Crippen LogP contribution >= 0.6 is 11.3 Å². The molecule has 2 fully saturated rings. The molecule has 54 heavy (non-hydrogen) atoms. The van der Waals surface area contributed by atoms with Crippen LogP contribution in [-0.4, -0.2) is 58.9 Å². The number of carbonyl (C=O) groups excluding carboxylic acids is 1. The quantitative estimate of drug-likeness (QED) is 0.0757. The van der Waals surface area contributed by atoms with Gasteiger partial charge in [0.05, 0.1) is 15.8 Å².